The number of rotatable bonds is 43. The average molecular weight is 935 g/mol. The van der Waals surface area contributed by atoms with Crippen molar-refractivity contribution < 1.29 is 69.0 Å². The molecule has 0 spiro atoms. The molecule has 0 amide bonds. The van der Waals surface area contributed by atoms with Crippen LogP contribution < -0.4 is 0 Å². The van der Waals surface area contributed by atoms with E-state index >= 15 is 0 Å². The summed E-state index contributed by atoms with van der Waals surface area (Å²) in [6.07, 6.45) is 23.3. The zero-order chi connectivity index (χ0) is 47.3. The fourth-order valence-corrected chi connectivity index (χ4v) is 8.76. The molecule has 0 aromatic rings. The molecule has 0 saturated carbocycles. The lowest BCUT2D eigenvalue weighted by atomic mass is 9.98. The van der Waals surface area contributed by atoms with Crippen LogP contribution in [0.25, 0.3) is 0 Å². The van der Waals surface area contributed by atoms with Crippen LogP contribution in [-0.4, -0.2) is 142 Å². The molecule has 11 atom stereocenters. The number of aliphatic hydroxyl groups is 7. The summed E-state index contributed by atoms with van der Waals surface area (Å²) in [4.78, 5) is 12.9. The molecule has 2 fully saturated rings. The van der Waals surface area contributed by atoms with E-state index in [0.29, 0.717) is 13.0 Å². The highest BCUT2D eigenvalue weighted by atomic mass is 16.7. The van der Waals surface area contributed by atoms with E-state index in [2.05, 4.69) is 13.8 Å². The first-order valence-electron chi connectivity index (χ1n) is 26.6. The van der Waals surface area contributed by atoms with Crippen LogP contribution in [0.5, 0.6) is 0 Å². The SMILES string of the molecule is CCCCCCCCCCCCCCCCCCCCCCCCOCC(COC1OC(COC2OC(CO)C(O)C(O)C2O)C(O)C(O)C1O)OC(=O)CCCCCCCCCCC. The third kappa shape index (κ3) is 27.7. The molecular weight excluding hydrogens is 837 g/mol. The maximum Gasteiger partial charge on any atom is 0.306 e. The molecule has 386 valence electrons. The van der Waals surface area contributed by atoms with Gasteiger partial charge in [0.1, 0.15) is 54.9 Å². The number of carbonyl (C=O) groups excluding carboxylic acids is 1. The first kappa shape index (κ1) is 60.1. The van der Waals surface area contributed by atoms with Gasteiger partial charge in [0.05, 0.1) is 26.4 Å². The predicted octanol–water partition coefficient (Wildman–Crippen LogP) is 8.08. The standard InChI is InChI=1S/C51H98O14/c1-3-5-7-9-11-13-14-15-16-17-18-19-20-21-22-23-24-25-27-29-31-33-35-60-37-40(63-43(53)34-32-30-28-26-12-10-8-6-4-2)38-61-50-49(59)47(57)45(55)42(65-50)39-62-51-48(58)46(56)44(54)41(36-52)64-51/h40-42,44-52,54-59H,3-39H2,1-2H3. The van der Waals surface area contributed by atoms with Crippen LogP contribution in [0, 0.1) is 0 Å². The fourth-order valence-electron chi connectivity index (χ4n) is 8.76. The van der Waals surface area contributed by atoms with Gasteiger partial charge in [-0.15, -0.1) is 0 Å². The predicted molar refractivity (Wildman–Crippen MR) is 252 cm³/mol. The minimum Gasteiger partial charge on any atom is -0.457 e. The van der Waals surface area contributed by atoms with Gasteiger partial charge < -0.3 is 64.2 Å². The number of aliphatic hydroxyl groups excluding tert-OH is 7. The lowest BCUT2D eigenvalue weighted by Crippen LogP contribution is -2.61. The Labute approximate surface area is 393 Å². The van der Waals surface area contributed by atoms with Gasteiger partial charge in [-0.2, -0.15) is 0 Å². The molecule has 65 heavy (non-hydrogen) atoms. The van der Waals surface area contributed by atoms with E-state index in [1.54, 1.807) is 0 Å². The summed E-state index contributed by atoms with van der Waals surface area (Å²) in [5.74, 6) is -0.374. The highest BCUT2D eigenvalue weighted by Crippen LogP contribution is 2.27. The van der Waals surface area contributed by atoms with E-state index < -0.39 is 80.7 Å². The van der Waals surface area contributed by atoms with Crippen LogP contribution in [0.2, 0.25) is 0 Å². The third-order valence-corrected chi connectivity index (χ3v) is 13.1. The Morgan fingerprint density at radius 2 is 0.815 bits per heavy atom. The van der Waals surface area contributed by atoms with Crippen molar-refractivity contribution >= 4 is 5.97 Å². The number of hydrogen-bond donors (Lipinski definition) is 7. The Bertz CT molecular complexity index is 1090. The molecule has 2 aliphatic heterocycles. The molecule has 2 aliphatic rings. The number of hydrogen-bond acceptors (Lipinski definition) is 14. The number of carbonyl (C=O) groups is 1. The smallest absolute Gasteiger partial charge is 0.306 e. The summed E-state index contributed by atoms with van der Waals surface area (Å²) < 4.78 is 34.2. The van der Waals surface area contributed by atoms with E-state index in [1.807, 2.05) is 0 Å². The summed E-state index contributed by atoms with van der Waals surface area (Å²) in [7, 11) is 0. The van der Waals surface area contributed by atoms with Gasteiger partial charge in [0.15, 0.2) is 12.6 Å². The average Bonchev–Trinajstić information content (AvgIpc) is 3.30. The quantitative estimate of drug-likeness (QED) is 0.0228. The van der Waals surface area contributed by atoms with E-state index in [4.69, 9.17) is 28.4 Å². The van der Waals surface area contributed by atoms with Gasteiger partial charge in [0, 0.05) is 13.0 Å². The molecule has 0 radical (unpaired) electrons. The second-order valence-electron chi connectivity index (χ2n) is 19.1. The van der Waals surface area contributed by atoms with Gasteiger partial charge in [0.2, 0.25) is 0 Å². The van der Waals surface area contributed by atoms with Crippen molar-refractivity contribution in [3.63, 3.8) is 0 Å². The van der Waals surface area contributed by atoms with E-state index in [-0.39, 0.29) is 25.6 Å². The van der Waals surface area contributed by atoms with Gasteiger partial charge in [-0.1, -0.05) is 200 Å². The highest BCUT2D eigenvalue weighted by Gasteiger charge is 2.47. The molecule has 0 aliphatic carbocycles. The molecule has 0 bridgehead atoms. The summed E-state index contributed by atoms with van der Waals surface area (Å²) in [5.41, 5.74) is 0. The minimum atomic E-state index is -1.70. The third-order valence-electron chi connectivity index (χ3n) is 13.1. The molecule has 2 rings (SSSR count). The zero-order valence-electron chi connectivity index (χ0n) is 41.0. The molecule has 2 heterocycles. The minimum absolute atomic E-state index is 0.0698. The van der Waals surface area contributed by atoms with Gasteiger partial charge in [-0.25, -0.2) is 0 Å². The zero-order valence-corrected chi connectivity index (χ0v) is 41.0. The van der Waals surface area contributed by atoms with Crippen molar-refractivity contribution in [1.29, 1.82) is 0 Å². The highest BCUT2D eigenvalue weighted by molar-refractivity contribution is 5.69. The molecule has 14 heteroatoms. The van der Waals surface area contributed by atoms with Gasteiger partial charge in [-0.05, 0) is 12.8 Å². The number of ether oxygens (including phenoxy) is 6. The summed E-state index contributed by atoms with van der Waals surface area (Å²) in [6.45, 7) is 3.71. The Morgan fingerprint density at radius 3 is 1.25 bits per heavy atom. The van der Waals surface area contributed by atoms with Crippen LogP contribution in [0.1, 0.15) is 219 Å². The second kappa shape index (κ2) is 39.8. The molecule has 11 unspecified atom stereocenters. The maximum atomic E-state index is 12.9. The monoisotopic (exact) mass is 935 g/mol. The van der Waals surface area contributed by atoms with Crippen LogP contribution in [-0.2, 0) is 33.2 Å². The molecule has 2 saturated heterocycles. The maximum absolute atomic E-state index is 12.9. The normalized spacial score (nSPS) is 26.4. The first-order valence-corrected chi connectivity index (χ1v) is 26.6. The van der Waals surface area contributed by atoms with E-state index in [1.165, 1.54) is 154 Å². The van der Waals surface area contributed by atoms with Crippen molar-refractivity contribution in [2.24, 2.45) is 0 Å². The fraction of sp³-hybridized carbons (Fsp3) is 0.980. The molecular formula is C51H98O14. The van der Waals surface area contributed by atoms with Crippen molar-refractivity contribution in [3.8, 4) is 0 Å². The van der Waals surface area contributed by atoms with Crippen molar-refractivity contribution in [3.05, 3.63) is 0 Å². The van der Waals surface area contributed by atoms with Gasteiger partial charge in [0.25, 0.3) is 0 Å². The second-order valence-corrected chi connectivity index (χ2v) is 19.1. The first-order chi connectivity index (χ1) is 31.6. The summed E-state index contributed by atoms with van der Waals surface area (Å²) >= 11 is 0. The number of unbranched alkanes of at least 4 members (excludes halogenated alkanes) is 29. The Morgan fingerprint density at radius 1 is 0.446 bits per heavy atom. The van der Waals surface area contributed by atoms with Crippen molar-refractivity contribution in [2.75, 3.05) is 33.0 Å². The van der Waals surface area contributed by atoms with Crippen LogP contribution in [0.15, 0.2) is 0 Å². The summed E-state index contributed by atoms with van der Waals surface area (Å²) in [5, 5.41) is 72.0. The van der Waals surface area contributed by atoms with E-state index in [0.717, 1.165) is 38.5 Å². The van der Waals surface area contributed by atoms with Crippen molar-refractivity contribution in [2.45, 2.75) is 287 Å². The molecule has 0 aromatic carbocycles. The van der Waals surface area contributed by atoms with Gasteiger partial charge >= 0.3 is 5.97 Å². The Balaban J connectivity index is 1.68. The lowest BCUT2D eigenvalue weighted by Gasteiger charge is -2.42. The topological polar surface area (TPSA) is 214 Å². The Kier molecular flexibility index (Phi) is 36.8. The largest absolute Gasteiger partial charge is 0.457 e. The van der Waals surface area contributed by atoms with Crippen molar-refractivity contribution in [1.82, 2.24) is 0 Å². The van der Waals surface area contributed by atoms with Crippen LogP contribution >= 0.6 is 0 Å². The molecule has 14 nitrogen and oxygen atoms in total. The molecule has 7 N–H and O–H groups in total. The lowest BCUT2D eigenvalue weighted by molar-refractivity contribution is -0.332. The van der Waals surface area contributed by atoms with Crippen LogP contribution in [0.4, 0.5) is 0 Å². The summed E-state index contributed by atoms with van der Waals surface area (Å²) in [6, 6.07) is 0. The van der Waals surface area contributed by atoms with Gasteiger partial charge in [-0.3, -0.25) is 4.79 Å². The van der Waals surface area contributed by atoms with E-state index in [9.17, 15) is 40.5 Å². The number of esters is 1. The van der Waals surface area contributed by atoms with Crippen LogP contribution in [0.3, 0.4) is 0 Å². The Hall–Kier alpha value is -1.01. The molecule has 0 aromatic heterocycles.